The van der Waals surface area contributed by atoms with Crippen molar-refractivity contribution in [1.82, 2.24) is 10.2 Å². The Bertz CT molecular complexity index is 564. The number of nitrogens with two attached hydrogens (primary N) is 1. The van der Waals surface area contributed by atoms with Crippen molar-refractivity contribution in [3.8, 4) is 0 Å². The largest absolute Gasteiger partial charge is 0.379 e. The summed E-state index contributed by atoms with van der Waals surface area (Å²) in [6.45, 7) is 5.19. The number of benzene rings is 1. The normalized spacial score (nSPS) is 24.2. The molecule has 3 rings (SSSR count). The minimum absolute atomic E-state index is 0.0937. The first-order valence-corrected chi connectivity index (χ1v) is 8.77. The van der Waals surface area contributed by atoms with Gasteiger partial charge in [0.1, 0.15) is 0 Å². The standard InChI is InChI=1S/C19H27N3O2/c20-18-6-5-17(11-18)12-19(23)21-13-15-1-3-16(4-2-15)14-22-7-9-24-10-8-22/h1-6,17-18H,7-14,20H2,(H,21,23)/t17-,18+/m0/s1. The summed E-state index contributed by atoms with van der Waals surface area (Å²) in [5.41, 5.74) is 8.25. The van der Waals surface area contributed by atoms with Gasteiger partial charge in [-0.3, -0.25) is 9.69 Å². The zero-order valence-corrected chi connectivity index (χ0v) is 14.1. The summed E-state index contributed by atoms with van der Waals surface area (Å²) >= 11 is 0. The fraction of sp³-hybridized carbons (Fsp3) is 0.526. The molecule has 0 aromatic heterocycles. The maximum absolute atomic E-state index is 12.0. The monoisotopic (exact) mass is 329 g/mol. The third-order valence-electron chi connectivity index (χ3n) is 4.68. The van der Waals surface area contributed by atoms with E-state index in [1.807, 2.05) is 6.08 Å². The van der Waals surface area contributed by atoms with Crippen molar-refractivity contribution in [3.05, 3.63) is 47.5 Å². The fourth-order valence-corrected chi connectivity index (χ4v) is 3.25. The van der Waals surface area contributed by atoms with Crippen molar-refractivity contribution in [3.63, 3.8) is 0 Å². The highest BCUT2D eigenvalue weighted by Gasteiger charge is 2.18. The first kappa shape index (κ1) is 17.1. The molecule has 0 spiro atoms. The molecule has 24 heavy (non-hydrogen) atoms. The van der Waals surface area contributed by atoms with Gasteiger partial charge in [-0.1, -0.05) is 36.4 Å². The van der Waals surface area contributed by atoms with Crippen LogP contribution in [-0.2, 0) is 22.6 Å². The van der Waals surface area contributed by atoms with Gasteiger partial charge in [0.2, 0.25) is 5.91 Å². The molecule has 0 bridgehead atoms. The van der Waals surface area contributed by atoms with Crippen molar-refractivity contribution in [2.24, 2.45) is 11.7 Å². The second-order valence-electron chi connectivity index (χ2n) is 6.73. The van der Waals surface area contributed by atoms with E-state index in [4.69, 9.17) is 10.5 Å². The maximum Gasteiger partial charge on any atom is 0.220 e. The zero-order valence-electron chi connectivity index (χ0n) is 14.1. The van der Waals surface area contributed by atoms with Crippen molar-refractivity contribution < 1.29 is 9.53 Å². The predicted molar refractivity (Wildman–Crippen MR) is 94.2 cm³/mol. The molecule has 2 atom stereocenters. The summed E-state index contributed by atoms with van der Waals surface area (Å²) in [7, 11) is 0. The van der Waals surface area contributed by atoms with Gasteiger partial charge in [-0.05, 0) is 23.5 Å². The number of nitrogens with zero attached hydrogens (tertiary/aromatic N) is 1. The molecule has 1 fully saturated rings. The molecular weight excluding hydrogens is 302 g/mol. The van der Waals surface area contributed by atoms with Crippen LogP contribution in [0.4, 0.5) is 0 Å². The van der Waals surface area contributed by atoms with E-state index in [-0.39, 0.29) is 17.9 Å². The number of morpholine rings is 1. The smallest absolute Gasteiger partial charge is 0.220 e. The van der Waals surface area contributed by atoms with Crippen LogP contribution in [0.3, 0.4) is 0 Å². The van der Waals surface area contributed by atoms with E-state index in [1.165, 1.54) is 5.56 Å². The van der Waals surface area contributed by atoms with Crippen LogP contribution in [0.1, 0.15) is 24.0 Å². The second-order valence-corrected chi connectivity index (χ2v) is 6.73. The van der Waals surface area contributed by atoms with E-state index in [9.17, 15) is 4.79 Å². The number of amides is 1. The Morgan fingerprint density at radius 1 is 1.17 bits per heavy atom. The summed E-state index contributed by atoms with van der Waals surface area (Å²) in [4.78, 5) is 14.4. The van der Waals surface area contributed by atoms with Gasteiger partial charge in [0, 0.05) is 38.6 Å². The molecule has 1 aromatic rings. The summed E-state index contributed by atoms with van der Waals surface area (Å²) < 4.78 is 5.37. The number of rotatable bonds is 6. The second kappa shape index (κ2) is 8.42. The Morgan fingerprint density at radius 2 is 1.88 bits per heavy atom. The molecule has 0 saturated carbocycles. The SMILES string of the molecule is N[C@@H]1C=C[C@H](CC(=O)NCc2ccc(CN3CCOCC3)cc2)C1. The Hall–Kier alpha value is -1.69. The predicted octanol–water partition coefficient (Wildman–Crippen LogP) is 1.43. The molecule has 1 aliphatic carbocycles. The molecule has 1 heterocycles. The first-order chi connectivity index (χ1) is 11.7. The summed E-state index contributed by atoms with van der Waals surface area (Å²) in [6.07, 6.45) is 5.46. The Morgan fingerprint density at radius 3 is 2.54 bits per heavy atom. The molecule has 0 unspecified atom stereocenters. The van der Waals surface area contributed by atoms with E-state index >= 15 is 0 Å². The fourth-order valence-electron chi connectivity index (χ4n) is 3.25. The van der Waals surface area contributed by atoms with Crippen molar-refractivity contribution in [2.45, 2.75) is 32.0 Å². The van der Waals surface area contributed by atoms with Crippen molar-refractivity contribution in [2.75, 3.05) is 26.3 Å². The minimum Gasteiger partial charge on any atom is -0.379 e. The van der Waals surface area contributed by atoms with E-state index < -0.39 is 0 Å². The van der Waals surface area contributed by atoms with Gasteiger partial charge in [0.25, 0.3) is 0 Å². The number of allylic oxidation sites excluding steroid dienone is 1. The van der Waals surface area contributed by atoms with Crippen LogP contribution in [0.15, 0.2) is 36.4 Å². The van der Waals surface area contributed by atoms with Gasteiger partial charge >= 0.3 is 0 Å². The molecule has 3 N–H and O–H groups in total. The number of carbonyl (C=O) groups is 1. The van der Waals surface area contributed by atoms with Crippen LogP contribution in [0.5, 0.6) is 0 Å². The zero-order chi connectivity index (χ0) is 16.8. The highest BCUT2D eigenvalue weighted by molar-refractivity contribution is 5.76. The van der Waals surface area contributed by atoms with E-state index in [2.05, 4.69) is 40.6 Å². The number of hydrogen-bond donors (Lipinski definition) is 2. The molecule has 1 aliphatic heterocycles. The quantitative estimate of drug-likeness (QED) is 0.775. The van der Waals surface area contributed by atoms with Crippen LogP contribution in [0, 0.1) is 5.92 Å². The van der Waals surface area contributed by atoms with Gasteiger partial charge in [0.15, 0.2) is 0 Å². The number of hydrogen-bond acceptors (Lipinski definition) is 4. The third kappa shape index (κ3) is 5.16. The molecule has 1 amide bonds. The van der Waals surface area contributed by atoms with Crippen molar-refractivity contribution in [1.29, 1.82) is 0 Å². The summed E-state index contributed by atoms with van der Waals surface area (Å²) in [5, 5.41) is 3.00. The molecule has 2 aliphatic rings. The van der Waals surface area contributed by atoms with Crippen LogP contribution < -0.4 is 11.1 Å². The van der Waals surface area contributed by atoms with Crippen LogP contribution in [0.25, 0.3) is 0 Å². The summed E-state index contributed by atoms with van der Waals surface area (Å²) in [6, 6.07) is 8.61. The Balaban J connectivity index is 1.40. The summed E-state index contributed by atoms with van der Waals surface area (Å²) in [5.74, 6) is 0.382. The van der Waals surface area contributed by atoms with E-state index in [0.717, 1.165) is 44.8 Å². The van der Waals surface area contributed by atoms with Crippen LogP contribution in [-0.4, -0.2) is 43.2 Å². The Labute approximate surface area is 143 Å². The molecular formula is C19H27N3O2. The third-order valence-corrected chi connectivity index (χ3v) is 4.68. The van der Waals surface area contributed by atoms with Gasteiger partial charge in [0.05, 0.1) is 13.2 Å². The number of ether oxygens (including phenoxy) is 1. The molecule has 0 radical (unpaired) electrons. The molecule has 1 aromatic carbocycles. The maximum atomic E-state index is 12.0. The average molecular weight is 329 g/mol. The van der Waals surface area contributed by atoms with E-state index in [0.29, 0.717) is 13.0 Å². The first-order valence-electron chi connectivity index (χ1n) is 8.77. The molecule has 5 nitrogen and oxygen atoms in total. The minimum atomic E-state index is 0.0937. The lowest BCUT2D eigenvalue weighted by Crippen LogP contribution is -2.35. The van der Waals surface area contributed by atoms with Crippen molar-refractivity contribution >= 4 is 5.91 Å². The van der Waals surface area contributed by atoms with E-state index in [1.54, 1.807) is 0 Å². The van der Waals surface area contributed by atoms with Gasteiger partial charge in [-0.2, -0.15) is 0 Å². The molecule has 130 valence electrons. The highest BCUT2D eigenvalue weighted by atomic mass is 16.5. The lowest BCUT2D eigenvalue weighted by atomic mass is 10.0. The van der Waals surface area contributed by atoms with Gasteiger partial charge in [-0.15, -0.1) is 0 Å². The van der Waals surface area contributed by atoms with Crippen LogP contribution in [0.2, 0.25) is 0 Å². The lowest BCUT2D eigenvalue weighted by molar-refractivity contribution is -0.121. The molecule has 5 heteroatoms. The van der Waals surface area contributed by atoms with Gasteiger partial charge < -0.3 is 15.8 Å². The lowest BCUT2D eigenvalue weighted by Gasteiger charge is -2.26. The highest BCUT2D eigenvalue weighted by Crippen LogP contribution is 2.19. The van der Waals surface area contributed by atoms with Gasteiger partial charge in [-0.25, -0.2) is 0 Å². The average Bonchev–Trinajstić information content (AvgIpc) is 3.00. The topological polar surface area (TPSA) is 67.6 Å². The van der Waals surface area contributed by atoms with Crippen LogP contribution >= 0.6 is 0 Å². The number of nitrogens with one attached hydrogen (secondary N) is 1. The Kier molecular flexibility index (Phi) is 6.01. The molecule has 1 saturated heterocycles. The number of carbonyl (C=O) groups excluding carboxylic acids is 1.